The van der Waals surface area contributed by atoms with Crippen molar-refractivity contribution in [1.82, 2.24) is 0 Å². The summed E-state index contributed by atoms with van der Waals surface area (Å²) in [6.07, 6.45) is 1.79. The van der Waals surface area contributed by atoms with Gasteiger partial charge < -0.3 is 4.74 Å². The van der Waals surface area contributed by atoms with Crippen LogP contribution in [0.3, 0.4) is 0 Å². The molecule has 0 aromatic carbocycles. The Morgan fingerprint density at radius 1 is 1.88 bits per heavy atom. The van der Waals surface area contributed by atoms with Gasteiger partial charge in [0.15, 0.2) is 0 Å². The summed E-state index contributed by atoms with van der Waals surface area (Å²) in [5.74, 6) is -0.262. The van der Waals surface area contributed by atoms with Crippen LogP contribution in [0.5, 0.6) is 0 Å². The molecule has 0 rings (SSSR count). The Balaban J connectivity index is 3.18. The maximum absolute atomic E-state index is 10.3. The number of ether oxygens (including phenoxy) is 1. The monoisotopic (exact) mass is 113 g/mol. The minimum Gasteiger partial charge on any atom is -0.458 e. The molecule has 0 heterocycles. The van der Waals surface area contributed by atoms with Crippen LogP contribution >= 0.6 is 0 Å². The number of hydrogen-bond acceptors (Lipinski definition) is 2. The first-order chi connectivity index (χ1) is 3.81. The first-order valence-corrected chi connectivity index (χ1v) is 2.39. The van der Waals surface area contributed by atoms with Crippen LogP contribution in [0.15, 0.2) is 12.7 Å². The average molecular weight is 113 g/mol. The molecular weight excluding hydrogens is 104 g/mol. The van der Waals surface area contributed by atoms with Crippen molar-refractivity contribution >= 4 is 5.97 Å². The van der Waals surface area contributed by atoms with Crippen LogP contribution in [-0.2, 0) is 9.53 Å². The summed E-state index contributed by atoms with van der Waals surface area (Å²) in [4.78, 5) is 10.3. The van der Waals surface area contributed by atoms with E-state index < -0.39 is 0 Å². The van der Waals surface area contributed by atoms with Gasteiger partial charge in [-0.15, -0.1) is 6.58 Å². The van der Waals surface area contributed by atoms with Crippen molar-refractivity contribution in [2.75, 3.05) is 0 Å². The minimum absolute atomic E-state index is 0.262. The predicted molar refractivity (Wildman–Crippen MR) is 30.9 cm³/mol. The van der Waals surface area contributed by atoms with Crippen LogP contribution in [0.2, 0.25) is 0 Å². The van der Waals surface area contributed by atoms with E-state index in [0.717, 1.165) is 0 Å². The second kappa shape index (κ2) is 4.37. The zero-order valence-electron chi connectivity index (χ0n) is 4.89. The summed E-state index contributed by atoms with van der Waals surface area (Å²) >= 11 is 0. The maximum Gasteiger partial charge on any atom is 0.310 e. The summed E-state index contributed by atoms with van der Waals surface area (Å²) in [5, 5.41) is 0. The lowest BCUT2D eigenvalue weighted by atomic mass is 10.4. The highest BCUT2D eigenvalue weighted by Gasteiger charge is 1.93. The highest BCUT2D eigenvalue weighted by molar-refractivity contribution is 5.71. The molecule has 0 fully saturated rings. The Hall–Kier alpha value is -0.790. The number of carbonyl (C=O) groups excluding carboxylic acids is 1. The van der Waals surface area contributed by atoms with Gasteiger partial charge in [0.2, 0.25) is 0 Å². The summed E-state index contributed by atoms with van der Waals surface area (Å²) < 4.78 is 4.45. The molecule has 2 heteroatoms. The third-order valence-corrected chi connectivity index (χ3v) is 0.560. The molecule has 0 saturated heterocycles. The Morgan fingerprint density at radius 2 is 2.50 bits per heavy atom. The molecule has 2 nitrogen and oxygen atoms in total. The van der Waals surface area contributed by atoms with E-state index in [4.69, 9.17) is 0 Å². The lowest BCUT2D eigenvalue weighted by molar-refractivity contribution is -0.138. The molecule has 0 bridgehead atoms. The van der Waals surface area contributed by atoms with Crippen molar-refractivity contribution in [3.05, 3.63) is 19.3 Å². The van der Waals surface area contributed by atoms with E-state index in [1.165, 1.54) is 12.7 Å². The van der Waals surface area contributed by atoms with E-state index >= 15 is 0 Å². The van der Waals surface area contributed by atoms with Gasteiger partial charge in [0.1, 0.15) is 6.61 Å². The Bertz CT molecular complexity index is 86.5. The fourth-order valence-electron chi connectivity index (χ4n) is 0.297. The molecule has 0 atom stereocenters. The van der Waals surface area contributed by atoms with Crippen molar-refractivity contribution in [2.24, 2.45) is 0 Å². The molecule has 0 aromatic rings. The second-order valence-electron chi connectivity index (χ2n) is 1.22. The summed E-state index contributed by atoms with van der Waals surface area (Å²) in [7, 11) is 0. The van der Waals surface area contributed by atoms with Gasteiger partial charge in [-0.25, -0.2) is 0 Å². The van der Waals surface area contributed by atoms with E-state index in [0.29, 0.717) is 0 Å². The third kappa shape index (κ3) is 3.40. The van der Waals surface area contributed by atoms with Crippen molar-refractivity contribution < 1.29 is 9.53 Å². The van der Waals surface area contributed by atoms with E-state index in [1.54, 1.807) is 6.92 Å². The zero-order valence-corrected chi connectivity index (χ0v) is 4.89. The smallest absolute Gasteiger partial charge is 0.310 e. The van der Waals surface area contributed by atoms with Gasteiger partial charge in [-0.05, 0) is 6.92 Å². The fraction of sp³-hybridized carbons (Fsp3) is 0.333. The van der Waals surface area contributed by atoms with Crippen LogP contribution in [-0.4, -0.2) is 5.97 Å². The lowest BCUT2D eigenvalue weighted by Crippen LogP contribution is -1.97. The molecule has 0 spiro atoms. The maximum atomic E-state index is 10.3. The number of esters is 1. The topological polar surface area (TPSA) is 26.3 Å². The van der Waals surface area contributed by atoms with E-state index in [-0.39, 0.29) is 12.4 Å². The average Bonchev–Trinajstić information content (AvgIpc) is 1.68. The van der Waals surface area contributed by atoms with Crippen molar-refractivity contribution in [3.63, 3.8) is 0 Å². The van der Waals surface area contributed by atoms with Crippen molar-refractivity contribution in [1.29, 1.82) is 0 Å². The van der Waals surface area contributed by atoms with E-state index in [1.807, 2.05) is 0 Å². The Labute approximate surface area is 49.1 Å². The second-order valence-corrected chi connectivity index (χ2v) is 1.22. The molecule has 0 amide bonds. The largest absolute Gasteiger partial charge is 0.458 e. The van der Waals surface area contributed by atoms with Crippen LogP contribution in [0, 0.1) is 6.61 Å². The van der Waals surface area contributed by atoms with Gasteiger partial charge in [0.05, 0.1) is 6.42 Å². The molecular formula is C6H9O2. The van der Waals surface area contributed by atoms with Gasteiger partial charge in [-0.3, -0.25) is 4.79 Å². The highest BCUT2D eigenvalue weighted by Crippen LogP contribution is 1.87. The number of rotatable bonds is 3. The summed E-state index contributed by atoms with van der Waals surface area (Å²) in [5.41, 5.74) is 0. The van der Waals surface area contributed by atoms with Gasteiger partial charge in [-0.2, -0.15) is 0 Å². The number of hydrogen-bond donors (Lipinski definition) is 0. The molecule has 45 valence electrons. The molecule has 0 N–H and O–H groups in total. The fourth-order valence-corrected chi connectivity index (χ4v) is 0.297. The van der Waals surface area contributed by atoms with E-state index in [2.05, 4.69) is 11.3 Å². The van der Waals surface area contributed by atoms with Crippen LogP contribution in [0.4, 0.5) is 0 Å². The zero-order chi connectivity index (χ0) is 6.41. The van der Waals surface area contributed by atoms with Gasteiger partial charge in [-0.1, -0.05) is 6.08 Å². The van der Waals surface area contributed by atoms with Crippen LogP contribution in [0.1, 0.15) is 13.3 Å². The first kappa shape index (κ1) is 7.21. The van der Waals surface area contributed by atoms with Gasteiger partial charge in [0.25, 0.3) is 0 Å². The molecule has 0 aliphatic carbocycles. The summed E-state index contributed by atoms with van der Waals surface area (Å²) in [6, 6.07) is 0. The molecule has 0 aliphatic heterocycles. The molecule has 1 radical (unpaired) electrons. The predicted octanol–water partition coefficient (Wildman–Crippen LogP) is 1.29. The minimum atomic E-state index is -0.262. The molecule has 0 unspecified atom stereocenters. The Kier molecular flexibility index (Phi) is 3.94. The van der Waals surface area contributed by atoms with Gasteiger partial charge in [0, 0.05) is 0 Å². The van der Waals surface area contributed by atoms with Crippen molar-refractivity contribution in [2.45, 2.75) is 13.3 Å². The standard InChI is InChI=1S/C6H9O2/c1-3-5-6(7)8-4-2/h3-4H,1,5H2,2H3. The molecule has 0 aromatic heterocycles. The molecule has 8 heavy (non-hydrogen) atoms. The van der Waals surface area contributed by atoms with Gasteiger partial charge >= 0.3 is 5.97 Å². The summed E-state index contributed by atoms with van der Waals surface area (Å²) in [6.45, 7) is 6.37. The SMILES string of the molecule is C=CCC(=O)O[CH]C. The normalized spacial score (nSPS) is 8.12. The molecule has 0 aliphatic rings. The van der Waals surface area contributed by atoms with Crippen LogP contribution in [0.25, 0.3) is 0 Å². The number of carbonyl (C=O) groups is 1. The lowest BCUT2D eigenvalue weighted by Gasteiger charge is -1.93. The molecule has 0 saturated carbocycles. The first-order valence-electron chi connectivity index (χ1n) is 2.39. The quantitative estimate of drug-likeness (QED) is 0.407. The third-order valence-electron chi connectivity index (χ3n) is 0.560. The van der Waals surface area contributed by atoms with E-state index in [9.17, 15) is 4.79 Å². The Morgan fingerprint density at radius 3 is 2.88 bits per heavy atom. The highest BCUT2D eigenvalue weighted by atomic mass is 16.5. The van der Waals surface area contributed by atoms with Crippen LogP contribution < -0.4 is 0 Å². The van der Waals surface area contributed by atoms with Crippen molar-refractivity contribution in [3.8, 4) is 0 Å².